The van der Waals surface area contributed by atoms with Crippen LogP contribution in [-0.4, -0.2) is 37.1 Å². The van der Waals surface area contributed by atoms with Gasteiger partial charge in [0.15, 0.2) is 0 Å². The van der Waals surface area contributed by atoms with Crippen LogP contribution in [0.5, 0.6) is 0 Å². The summed E-state index contributed by atoms with van der Waals surface area (Å²) in [4.78, 5) is 2.66. The monoisotopic (exact) mass is 238 g/mol. The first kappa shape index (κ1) is 13.4. The number of nitrogens with one attached hydrogen (secondary N) is 1. The van der Waals surface area contributed by atoms with Crippen molar-refractivity contribution in [1.29, 1.82) is 0 Å². The molecular formula is C15H30N2. The van der Waals surface area contributed by atoms with Gasteiger partial charge in [-0.05, 0) is 70.5 Å². The van der Waals surface area contributed by atoms with Gasteiger partial charge in [-0.1, -0.05) is 13.3 Å². The average molecular weight is 238 g/mol. The number of hydrogen-bond acceptors (Lipinski definition) is 2. The summed E-state index contributed by atoms with van der Waals surface area (Å²) in [5.41, 5.74) is 0. The van der Waals surface area contributed by atoms with E-state index in [0.29, 0.717) is 0 Å². The molecule has 1 saturated carbocycles. The third-order valence-electron chi connectivity index (χ3n) is 4.74. The van der Waals surface area contributed by atoms with Crippen LogP contribution < -0.4 is 5.32 Å². The molecule has 2 nitrogen and oxygen atoms in total. The van der Waals surface area contributed by atoms with Gasteiger partial charge < -0.3 is 10.2 Å². The number of nitrogens with zero attached hydrogens (tertiary/aromatic N) is 1. The van der Waals surface area contributed by atoms with Crippen molar-refractivity contribution < 1.29 is 0 Å². The van der Waals surface area contributed by atoms with Gasteiger partial charge in [-0.3, -0.25) is 0 Å². The van der Waals surface area contributed by atoms with E-state index >= 15 is 0 Å². The summed E-state index contributed by atoms with van der Waals surface area (Å²) in [6, 6.07) is 0.718. The summed E-state index contributed by atoms with van der Waals surface area (Å²) in [5.74, 6) is 1.88. The first-order chi connectivity index (χ1) is 8.29. The highest BCUT2D eigenvalue weighted by Crippen LogP contribution is 2.26. The summed E-state index contributed by atoms with van der Waals surface area (Å²) in [6.07, 6.45) is 8.53. The van der Waals surface area contributed by atoms with E-state index < -0.39 is 0 Å². The van der Waals surface area contributed by atoms with Gasteiger partial charge in [0, 0.05) is 12.6 Å². The molecule has 1 N–H and O–H groups in total. The van der Waals surface area contributed by atoms with Gasteiger partial charge in [0.2, 0.25) is 0 Å². The molecule has 0 aromatic rings. The van der Waals surface area contributed by atoms with Crippen LogP contribution in [0.1, 0.15) is 52.4 Å². The third kappa shape index (κ3) is 3.96. The second-order valence-corrected chi connectivity index (χ2v) is 6.20. The van der Waals surface area contributed by atoms with E-state index in [1.807, 2.05) is 0 Å². The Bertz CT molecular complexity index is 211. The van der Waals surface area contributed by atoms with Crippen LogP contribution in [0.2, 0.25) is 0 Å². The van der Waals surface area contributed by atoms with Crippen LogP contribution in [0.15, 0.2) is 0 Å². The predicted octanol–water partition coefficient (Wildman–Crippen LogP) is 2.89. The third-order valence-corrected chi connectivity index (χ3v) is 4.74. The van der Waals surface area contributed by atoms with Crippen LogP contribution in [0, 0.1) is 11.8 Å². The molecule has 2 unspecified atom stereocenters. The first-order valence-electron chi connectivity index (χ1n) is 7.75. The highest BCUT2D eigenvalue weighted by Gasteiger charge is 2.25. The number of hydrogen-bond donors (Lipinski definition) is 1. The van der Waals surface area contributed by atoms with Gasteiger partial charge in [-0.15, -0.1) is 0 Å². The maximum Gasteiger partial charge on any atom is 0.00793 e. The zero-order valence-electron chi connectivity index (χ0n) is 11.8. The quantitative estimate of drug-likeness (QED) is 0.765. The van der Waals surface area contributed by atoms with Crippen molar-refractivity contribution >= 4 is 0 Å². The van der Waals surface area contributed by atoms with Crippen molar-refractivity contribution in [1.82, 2.24) is 10.2 Å². The zero-order valence-corrected chi connectivity index (χ0v) is 11.8. The summed E-state index contributed by atoms with van der Waals surface area (Å²) in [6.45, 7) is 9.92. The number of piperidine rings is 1. The van der Waals surface area contributed by atoms with E-state index in [2.05, 4.69) is 24.1 Å². The zero-order chi connectivity index (χ0) is 12.1. The van der Waals surface area contributed by atoms with Crippen molar-refractivity contribution in [3.8, 4) is 0 Å². The van der Waals surface area contributed by atoms with Crippen LogP contribution in [0.25, 0.3) is 0 Å². The summed E-state index contributed by atoms with van der Waals surface area (Å²) in [5, 5.41) is 3.79. The molecule has 0 aromatic heterocycles. The molecule has 0 bridgehead atoms. The Morgan fingerprint density at radius 2 is 2.06 bits per heavy atom. The van der Waals surface area contributed by atoms with Crippen molar-refractivity contribution in [2.45, 2.75) is 58.4 Å². The van der Waals surface area contributed by atoms with Crippen LogP contribution in [0.4, 0.5) is 0 Å². The van der Waals surface area contributed by atoms with E-state index in [4.69, 9.17) is 0 Å². The lowest BCUT2D eigenvalue weighted by Crippen LogP contribution is -2.46. The molecule has 17 heavy (non-hydrogen) atoms. The van der Waals surface area contributed by atoms with Crippen molar-refractivity contribution in [3.05, 3.63) is 0 Å². The molecule has 1 heterocycles. The molecule has 0 amide bonds. The Morgan fingerprint density at radius 3 is 2.71 bits per heavy atom. The highest BCUT2D eigenvalue weighted by atomic mass is 15.1. The van der Waals surface area contributed by atoms with E-state index in [1.54, 1.807) is 0 Å². The van der Waals surface area contributed by atoms with E-state index in [1.165, 1.54) is 64.7 Å². The fourth-order valence-corrected chi connectivity index (χ4v) is 3.23. The van der Waals surface area contributed by atoms with Crippen LogP contribution in [-0.2, 0) is 0 Å². The molecule has 0 aromatic carbocycles. The maximum absolute atomic E-state index is 3.79. The molecule has 2 rings (SSSR count). The van der Waals surface area contributed by atoms with Crippen molar-refractivity contribution in [2.24, 2.45) is 11.8 Å². The summed E-state index contributed by atoms with van der Waals surface area (Å²) >= 11 is 0. The molecule has 2 fully saturated rings. The molecule has 0 spiro atoms. The lowest BCUT2D eigenvalue weighted by atomic mass is 9.84. The van der Waals surface area contributed by atoms with E-state index in [-0.39, 0.29) is 0 Å². The van der Waals surface area contributed by atoms with Crippen LogP contribution >= 0.6 is 0 Å². The second kappa shape index (κ2) is 6.75. The molecular weight excluding hydrogens is 208 g/mol. The molecule has 100 valence electrons. The molecule has 0 radical (unpaired) electrons. The SMILES string of the molecule is CCCN1CCCC(C(C)NCC2CCC2)C1. The van der Waals surface area contributed by atoms with Crippen molar-refractivity contribution in [2.75, 3.05) is 26.2 Å². The van der Waals surface area contributed by atoms with Gasteiger partial charge in [0.25, 0.3) is 0 Å². The Hall–Kier alpha value is -0.0800. The molecule has 2 heteroatoms. The Kier molecular flexibility index (Phi) is 5.30. The van der Waals surface area contributed by atoms with E-state index in [9.17, 15) is 0 Å². The minimum atomic E-state index is 0.718. The highest BCUT2D eigenvalue weighted by molar-refractivity contribution is 4.82. The van der Waals surface area contributed by atoms with E-state index in [0.717, 1.165) is 17.9 Å². The number of rotatable bonds is 6. The van der Waals surface area contributed by atoms with Gasteiger partial charge in [0.05, 0.1) is 0 Å². The fourth-order valence-electron chi connectivity index (χ4n) is 3.23. The molecule has 2 atom stereocenters. The maximum atomic E-state index is 3.79. The average Bonchev–Trinajstić information content (AvgIpc) is 2.27. The largest absolute Gasteiger partial charge is 0.314 e. The lowest BCUT2D eigenvalue weighted by Gasteiger charge is -2.37. The van der Waals surface area contributed by atoms with Gasteiger partial charge >= 0.3 is 0 Å². The minimum absolute atomic E-state index is 0.718. The second-order valence-electron chi connectivity index (χ2n) is 6.20. The Labute approximate surface area is 107 Å². The molecule has 1 aliphatic heterocycles. The Morgan fingerprint density at radius 1 is 1.24 bits per heavy atom. The Balaban J connectivity index is 1.67. The first-order valence-corrected chi connectivity index (χ1v) is 7.75. The standard InChI is InChI=1S/C15H30N2/c1-3-9-17-10-5-8-15(12-17)13(2)16-11-14-6-4-7-14/h13-16H,3-12H2,1-2H3. The topological polar surface area (TPSA) is 15.3 Å². The molecule has 1 aliphatic carbocycles. The molecule has 1 saturated heterocycles. The smallest absolute Gasteiger partial charge is 0.00793 e. The predicted molar refractivity (Wildman–Crippen MR) is 74.3 cm³/mol. The van der Waals surface area contributed by atoms with Gasteiger partial charge in [0.1, 0.15) is 0 Å². The van der Waals surface area contributed by atoms with Gasteiger partial charge in [-0.25, -0.2) is 0 Å². The normalized spacial score (nSPS) is 28.9. The molecule has 2 aliphatic rings. The van der Waals surface area contributed by atoms with Gasteiger partial charge in [-0.2, -0.15) is 0 Å². The van der Waals surface area contributed by atoms with Crippen molar-refractivity contribution in [3.63, 3.8) is 0 Å². The van der Waals surface area contributed by atoms with Crippen LogP contribution in [0.3, 0.4) is 0 Å². The fraction of sp³-hybridized carbons (Fsp3) is 1.00. The number of likely N-dealkylation sites (tertiary alicyclic amines) is 1. The summed E-state index contributed by atoms with van der Waals surface area (Å²) < 4.78 is 0. The minimum Gasteiger partial charge on any atom is -0.314 e. The lowest BCUT2D eigenvalue weighted by molar-refractivity contribution is 0.146. The summed E-state index contributed by atoms with van der Waals surface area (Å²) in [7, 11) is 0.